The van der Waals surface area contributed by atoms with Crippen LogP contribution in [-0.2, 0) is 5.41 Å². The van der Waals surface area contributed by atoms with Gasteiger partial charge in [-0.2, -0.15) is 0 Å². The molecule has 1 heteroatoms. The largest absolute Gasteiger partial charge is 0.297 e. The molecule has 0 bridgehead atoms. The normalized spacial score (nSPS) is 22.9. The molecule has 1 aromatic rings. The number of rotatable bonds is 3. The Labute approximate surface area is 111 Å². The summed E-state index contributed by atoms with van der Waals surface area (Å²) in [7, 11) is 0. The third-order valence-corrected chi connectivity index (χ3v) is 4.14. The maximum Gasteiger partial charge on any atom is 0.0689 e. The Balaban J connectivity index is 2.29. The molecule has 0 amide bonds. The second-order valence-electron chi connectivity index (χ2n) is 5.86. The molecule has 0 saturated heterocycles. The molecule has 1 aromatic carbocycles. The molecule has 0 aliphatic heterocycles. The first-order chi connectivity index (χ1) is 8.58. The van der Waals surface area contributed by atoms with Gasteiger partial charge in [-0.05, 0) is 35.8 Å². The van der Waals surface area contributed by atoms with Gasteiger partial charge in [0, 0.05) is 6.04 Å². The van der Waals surface area contributed by atoms with Crippen molar-refractivity contribution in [2.45, 2.75) is 57.5 Å². The van der Waals surface area contributed by atoms with E-state index in [0.29, 0.717) is 6.04 Å². The highest BCUT2D eigenvalue weighted by Gasteiger charge is 2.32. The molecule has 1 N–H and O–H groups in total. The minimum atomic E-state index is 0.185. The SMILES string of the molecule is C#CC(CC)NC1CCC(C)(C)c2ccccc21. The van der Waals surface area contributed by atoms with Crippen molar-refractivity contribution in [1.82, 2.24) is 5.32 Å². The van der Waals surface area contributed by atoms with Gasteiger partial charge in [0.2, 0.25) is 0 Å². The van der Waals surface area contributed by atoms with Crippen LogP contribution in [0, 0.1) is 12.3 Å². The van der Waals surface area contributed by atoms with Gasteiger partial charge in [0.1, 0.15) is 0 Å². The second kappa shape index (κ2) is 5.16. The van der Waals surface area contributed by atoms with E-state index in [1.165, 1.54) is 24.0 Å². The smallest absolute Gasteiger partial charge is 0.0689 e. The van der Waals surface area contributed by atoms with Crippen LogP contribution in [0.25, 0.3) is 0 Å². The quantitative estimate of drug-likeness (QED) is 0.794. The van der Waals surface area contributed by atoms with E-state index >= 15 is 0 Å². The van der Waals surface area contributed by atoms with E-state index in [1.54, 1.807) is 0 Å². The fourth-order valence-corrected chi connectivity index (χ4v) is 2.91. The van der Waals surface area contributed by atoms with Crippen LogP contribution >= 0.6 is 0 Å². The second-order valence-corrected chi connectivity index (χ2v) is 5.86. The number of benzene rings is 1. The molecule has 96 valence electrons. The van der Waals surface area contributed by atoms with Crippen LogP contribution in [0.5, 0.6) is 0 Å². The molecular formula is C17H23N. The summed E-state index contributed by atoms with van der Waals surface area (Å²) < 4.78 is 0. The maximum atomic E-state index is 5.56. The average Bonchev–Trinajstić information content (AvgIpc) is 2.38. The fraction of sp³-hybridized carbons (Fsp3) is 0.529. The number of nitrogens with one attached hydrogen (secondary N) is 1. The number of terminal acetylenes is 1. The molecule has 2 unspecified atom stereocenters. The zero-order valence-electron chi connectivity index (χ0n) is 11.7. The van der Waals surface area contributed by atoms with Crippen molar-refractivity contribution in [2.24, 2.45) is 0 Å². The minimum absolute atomic E-state index is 0.185. The first kappa shape index (κ1) is 13.2. The Hall–Kier alpha value is -1.26. The highest BCUT2D eigenvalue weighted by molar-refractivity contribution is 5.38. The molecule has 1 aliphatic rings. The van der Waals surface area contributed by atoms with Gasteiger partial charge in [-0.25, -0.2) is 0 Å². The van der Waals surface area contributed by atoms with E-state index in [0.717, 1.165) is 6.42 Å². The maximum absolute atomic E-state index is 5.56. The topological polar surface area (TPSA) is 12.0 Å². The molecular weight excluding hydrogens is 218 g/mol. The van der Waals surface area contributed by atoms with Gasteiger partial charge >= 0.3 is 0 Å². The number of fused-ring (bicyclic) bond motifs is 1. The molecule has 0 saturated carbocycles. The van der Waals surface area contributed by atoms with Crippen molar-refractivity contribution >= 4 is 0 Å². The van der Waals surface area contributed by atoms with Crippen molar-refractivity contribution < 1.29 is 0 Å². The summed E-state index contributed by atoms with van der Waals surface area (Å²) in [6.45, 7) is 6.80. The Morgan fingerprint density at radius 2 is 2.17 bits per heavy atom. The minimum Gasteiger partial charge on any atom is -0.297 e. The lowest BCUT2D eigenvalue weighted by Crippen LogP contribution is -2.37. The monoisotopic (exact) mass is 241 g/mol. The summed E-state index contributed by atoms with van der Waals surface area (Å²) in [5, 5.41) is 3.61. The lowest BCUT2D eigenvalue weighted by molar-refractivity contribution is 0.346. The summed E-state index contributed by atoms with van der Waals surface area (Å²) in [5.41, 5.74) is 3.19. The van der Waals surface area contributed by atoms with Gasteiger partial charge < -0.3 is 0 Å². The van der Waals surface area contributed by atoms with Gasteiger partial charge in [-0.3, -0.25) is 5.32 Å². The summed E-state index contributed by atoms with van der Waals surface area (Å²) in [5.74, 6) is 2.84. The fourth-order valence-electron chi connectivity index (χ4n) is 2.91. The molecule has 2 atom stereocenters. The predicted molar refractivity (Wildman–Crippen MR) is 77.5 cm³/mol. The van der Waals surface area contributed by atoms with Crippen molar-refractivity contribution in [3.8, 4) is 12.3 Å². The van der Waals surface area contributed by atoms with Crippen molar-refractivity contribution in [1.29, 1.82) is 0 Å². The molecule has 0 spiro atoms. The van der Waals surface area contributed by atoms with Gasteiger partial charge in [0.15, 0.2) is 0 Å². The van der Waals surface area contributed by atoms with Crippen LogP contribution in [0.1, 0.15) is 57.2 Å². The van der Waals surface area contributed by atoms with E-state index in [4.69, 9.17) is 6.42 Å². The Morgan fingerprint density at radius 1 is 1.44 bits per heavy atom. The number of hydrogen-bond acceptors (Lipinski definition) is 1. The lowest BCUT2D eigenvalue weighted by atomic mass is 9.71. The number of hydrogen-bond donors (Lipinski definition) is 1. The molecule has 2 rings (SSSR count). The van der Waals surface area contributed by atoms with Crippen molar-refractivity contribution in [2.75, 3.05) is 0 Å². The van der Waals surface area contributed by atoms with Crippen LogP contribution in [-0.4, -0.2) is 6.04 Å². The highest BCUT2D eigenvalue weighted by atomic mass is 14.9. The Kier molecular flexibility index (Phi) is 3.78. The van der Waals surface area contributed by atoms with Crippen molar-refractivity contribution in [3.63, 3.8) is 0 Å². The zero-order valence-corrected chi connectivity index (χ0v) is 11.7. The van der Waals surface area contributed by atoms with Crippen molar-refractivity contribution in [3.05, 3.63) is 35.4 Å². The van der Waals surface area contributed by atoms with E-state index in [2.05, 4.69) is 56.3 Å². The first-order valence-electron chi connectivity index (χ1n) is 6.90. The van der Waals surface area contributed by atoms with E-state index in [9.17, 15) is 0 Å². The van der Waals surface area contributed by atoms with Crippen LogP contribution in [0.3, 0.4) is 0 Å². The third-order valence-electron chi connectivity index (χ3n) is 4.14. The average molecular weight is 241 g/mol. The zero-order chi connectivity index (χ0) is 13.2. The van der Waals surface area contributed by atoms with E-state index in [1.807, 2.05) is 0 Å². The van der Waals surface area contributed by atoms with Gasteiger partial charge in [-0.1, -0.05) is 51.0 Å². The Bertz CT molecular complexity index is 453. The molecule has 0 fully saturated rings. The van der Waals surface area contributed by atoms with Gasteiger partial charge in [0.25, 0.3) is 0 Å². The summed E-state index contributed by atoms with van der Waals surface area (Å²) in [6.07, 6.45) is 8.93. The first-order valence-corrected chi connectivity index (χ1v) is 6.90. The summed E-state index contributed by atoms with van der Waals surface area (Å²) in [4.78, 5) is 0. The Morgan fingerprint density at radius 3 is 2.83 bits per heavy atom. The molecule has 1 aliphatic carbocycles. The van der Waals surface area contributed by atoms with Gasteiger partial charge in [-0.15, -0.1) is 6.42 Å². The molecule has 0 aromatic heterocycles. The van der Waals surface area contributed by atoms with E-state index in [-0.39, 0.29) is 11.5 Å². The predicted octanol–water partition coefficient (Wildman–Crippen LogP) is 3.80. The molecule has 0 radical (unpaired) electrons. The molecule has 0 heterocycles. The molecule has 18 heavy (non-hydrogen) atoms. The van der Waals surface area contributed by atoms with E-state index < -0.39 is 0 Å². The standard InChI is InChI=1S/C17H23N/c1-5-13(6-2)18-16-11-12-17(3,4)15-10-8-7-9-14(15)16/h1,7-10,13,16,18H,6,11-12H2,2-4H3. The third kappa shape index (κ3) is 2.44. The van der Waals surface area contributed by atoms with Crippen LogP contribution in [0.2, 0.25) is 0 Å². The molecule has 1 nitrogen and oxygen atoms in total. The van der Waals surface area contributed by atoms with Crippen LogP contribution in [0.4, 0.5) is 0 Å². The van der Waals surface area contributed by atoms with Gasteiger partial charge in [0.05, 0.1) is 6.04 Å². The summed E-state index contributed by atoms with van der Waals surface area (Å²) >= 11 is 0. The van der Waals surface area contributed by atoms with Crippen LogP contribution in [0.15, 0.2) is 24.3 Å². The lowest BCUT2D eigenvalue weighted by Gasteiger charge is -2.38. The summed E-state index contributed by atoms with van der Waals surface area (Å²) in [6, 6.07) is 9.38. The highest BCUT2D eigenvalue weighted by Crippen LogP contribution is 2.41. The van der Waals surface area contributed by atoms with Crippen LogP contribution < -0.4 is 5.32 Å².